The van der Waals surface area contributed by atoms with E-state index in [1.807, 2.05) is 48.0 Å². The van der Waals surface area contributed by atoms with Crippen LogP contribution in [-0.4, -0.2) is 41.1 Å². The van der Waals surface area contributed by atoms with Gasteiger partial charge in [0, 0.05) is 36.0 Å². The molecule has 0 aliphatic carbocycles. The van der Waals surface area contributed by atoms with Gasteiger partial charge in [-0.25, -0.2) is 9.37 Å². The van der Waals surface area contributed by atoms with Crippen molar-refractivity contribution in [2.45, 2.75) is 12.6 Å². The fourth-order valence-electron chi connectivity index (χ4n) is 3.28. The Labute approximate surface area is 183 Å². The van der Waals surface area contributed by atoms with Crippen molar-refractivity contribution in [3.05, 3.63) is 82.1 Å². The highest BCUT2D eigenvalue weighted by atomic mass is 79.9. The first kappa shape index (κ1) is 22.0. The van der Waals surface area contributed by atoms with Crippen molar-refractivity contribution in [1.29, 1.82) is 0 Å². The van der Waals surface area contributed by atoms with Crippen LogP contribution < -0.4 is 10.1 Å². The highest BCUT2D eigenvalue weighted by Crippen LogP contribution is 2.24. The molecule has 1 amide bonds. The molecule has 3 rings (SSSR count). The summed E-state index contributed by atoms with van der Waals surface area (Å²) in [6.45, 7) is 0.720. The van der Waals surface area contributed by atoms with Crippen LogP contribution in [0.15, 0.2) is 59.3 Å². The molecule has 0 saturated heterocycles. The smallest absolute Gasteiger partial charge is 0.235 e. The number of nitrogens with zero attached hydrogens (tertiary/aromatic N) is 3. The first-order valence-electron chi connectivity index (χ1n) is 9.40. The molecular weight excluding hydrogens is 451 g/mol. The number of carbonyl (C=O) groups excluding carboxylic acids is 1. The van der Waals surface area contributed by atoms with Crippen molar-refractivity contribution in [2.75, 3.05) is 20.7 Å². The van der Waals surface area contributed by atoms with Crippen LogP contribution >= 0.6 is 15.9 Å². The highest BCUT2D eigenvalue weighted by molar-refractivity contribution is 9.10. The van der Waals surface area contributed by atoms with Crippen LogP contribution in [0.2, 0.25) is 0 Å². The summed E-state index contributed by atoms with van der Waals surface area (Å²) in [4.78, 5) is 19.1. The van der Waals surface area contributed by atoms with E-state index in [4.69, 9.17) is 4.74 Å². The van der Waals surface area contributed by atoms with E-state index in [9.17, 15) is 9.18 Å². The van der Waals surface area contributed by atoms with E-state index in [-0.39, 0.29) is 18.3 Å². The van der Waals surface area contributed by atoms with E-state index in [0.717, 1.165) is 21.3 Å². The second kappa shape index (κ2) is 9.86. The molecule has 158 valence electrons. The van der Waals surface area contributed by atoms with Gasteiger partial charge in [0.05, 0.1) is 13.7 Å². The Bertz CT molecular complexity index is 1010. The molecule has 1 aromatic heterocycles. The van der Waals surface area contributed by atoms with E-state index in [1.165, 1.54) is 12.1 Å². The molecule has 0 radical (unpaired) electrons. The number of methoxy groups -OCH3 is 1. The maximum Gasteiger partial charge on any atom is 0.235 e. The molecule has 0 saturated carbocycles. The molecule has 1 N–H and O–H groups in total. The van der Waals surface area contributed by atoms with Gasteiger partial charge in [-0.3, -0.25) is 9.69 Å². The standard InChI is InChI=1S/C22H24BrFN4O2/c1-27(13-16-12-17(23)6-9-19(16)30-3)14-20(29)26-21(22-25-10-11-28(22)2)15-4-7-18(24)8-5-15/h4-12,21H,13-14H2,1-3H3,(H,26,29)/t21-/m0/s1. The molecular formula is C22H24BrFN4O2. The largest absolute Gasteiger partial charge is 0.496 e. The molecule has 0 bridgehead atoms. The van der Waals surface area contributed by atoms with Crippen LogP contribution in [0.25, 0.3) is 0 Å². The molecule has 0 spiro atoms. The number of aryl methyl sites for hydroxylation is 1. The summed E-state index contributed by atoms with van der Waals surface area (Å²) < 4.78 is 21.6. The molecule has 0 unspecified atom stereocenters. The molecule has 0 aliphatic rings. The lowest BCUT2D eigenvalue weighted by atomic mass is 10.1. The van der Waals surface area contributed by atoms with Gasteiger partial charge in [-0.2, -0.15) is 0 Å². The topological polar surface area (TPSA) is 59.4 Å². The van der Waals surface area contributed by atoms with Gasteiger partial charge < -0.3 is 14.6 Å². The lowest BCUT2D eigenvalue weighted by Gasteiger charge is -2.22. The molecule has 6 nitrogen and oxygen atoms in total. The van der Waals surface area contributed by atoms with Crippen LogP contribution in [0.5, 0.6) is 5.75 Å². The normalized spacial score (nSPS) is 12.1. The third kappa shape index (κ3) is 5.46. The number of ether oxygens (including phenoxy) is 1. The monoisotopic (exact) mass is 474 g/mol. The molecule has 8 heteroatoms. The minimum Gasteiger partial charge on any atom is -0.496 e. The number of benzene rings is 2. The quantitative estimate of drug-likeness (QED) is 0.541. The zero-order chi connectivity index (χ0) is 21.7. The van der Waals surface area contributed by atoms with Crippen molar-refractivity contribution in [2.24, 2.45) is 7.05 Å². The van der Waals surface area contributed by atoms with E-state index < -0.39 is 6.04 Å². The van der Waals surface area contributed by atoms with Crippen molar-refractivity contribution in [3.63, 3.8) is 0 Å². The third-order valence-corrected chi connectivity index (χ3v) is 5.21. The van der Waals surface area contributed by atoms with E-state index >= 15 is 0 Å². The van der Waals surface area contributed by atoms with E-state index in [1.54, 1.807) is 25.4 Å². The van der Waals surface area contributed by atoms with Crippen LogP contribution in [-0.2, 0) is 18.4 Å². The zero-order valence-electron chi connectivity index (χ0n) is 17.1. The number of rotatable bonds is 8. The first-order valence-corrected chi connectivity index (χ1v) is 10.2. The summed E-state index contributed by atoms with van der Waals surface area (Å²) in [7, 11) is 5.35. The van der Waals surface area contributed by atoms with Gasteiger partial charge in [0.2, 0.25) is 5.91 Å². The van der Waals surface area contributed by atoms with Crippen LogP contribution in [0.4, 0.5) is 4.39 Å². The number of halogens is 2. The van der Waals surface area contributed by atoms with Gasteiger partial charge in [-0.05, 0) is 42.9 Å². The second-order valence-corrected chi connectivity index (χ2v) is 7.99. The minimum absolute atomic E-state index is 0.163. The average molecular weight is 475 g/mol. The average Bonchev–Trinajstić information content (AvgIpc) is 3.12. The summed E-state index contributed by atoms with van der Waals surface area (Å²) in [6.07, 6.45) is 3.48. The van der Waals surface area contributed by atoms with Crippen molar-refractivity contribution < 1.29 is 13.9 Å². The number of aromatic nitrogens is 2. The van der Waals surface area contributed by atoms with Crippen molar-refractivity contribution >= 4 is 21.8 Å². The molecule has 3 aromatic rings. The number of hydrogen-bond donors (Lipinski definition) is 1. The molecule has 2 aromatic carbocycles. The number of carbonyl (C=O) groups is 1. The molecule has 0 fully saturated rings. The van der Waals surface area contributed by atoms with Crippen LogP contribution in [0.3, 0.4) is 0 Å². The van der Waals surface area contributed by atoms with Gasteiger partial charge in [0.15, 0.2) is 0 Å². The third-order valence-electron chi connectivity index (χ3n) is 4.72. The van der Waals surface area contributed by atoms with Crippen molar-refractivity contribution in [1.82, 2.24) is 19.8 Å². The highest BCUT2D eigenvalue weighted by Gasteiger charge is 2.21. The van der Waals surface area contributed by atoms with Gasteiger partial charge >= 0.3 is 0 Å². The van der Waals surface area contributed by atoms with Crippen molar-refractivity contribution in [3.8, 4) is 5.75 Å². The van der Waals surface area contributed by atoms with Gasteiger partial charge in [0.1, 0.15) is 23.4 Å². The fourth-order valence-corrected chi connectivity index (χ4v) is 3.69. The van der Waals surface area contributed by atoms with E-state index in [2.05, 4.69) is 26.2 Å². The lowest BCUT2D eigenvalue weighted by Crippen LogP contribution is -2.38. The number of hydrogen-bond acceptors (Lipinski definition) is 4. The predicted molar refractivity (Wildman–Crippen MR) is 117 cm³/mol. The first-order chi connectivity index (χ1) is 14.4. The Balaban J connectivity index is 1.72. The summed E-state index contributed by atoms with van der Waals surface area (Å²) in [5.74, 6) is 0.948. The fraction of sp³-hybridized carbons (Fsp3) is 0.273. The van der Waals surface area contributed by atoms with Gasteiger partial charge in [0.25, 0.3) is 0 Å². The molecule has 30 heavy (non-hydrogen) atoms. The summed E-state index contributed by atoms with van der Waals surface area (Å²) >= 11 is 3.47. The molecule has 0 aliphatic heterocycles. The number of imidazole rings is 1. The SMILES string of the molecule is COc1ccc(Br)cc1CN(C)CC(=O)N[C@@H](c1ccc(F)cc1)c1nccn1C. The zero-order valence-corrected chi connectivity index (χ0v) is 18.7. The second-order valence-electron chi connectivity index (χ2n) is 7.08. The Kier molecular flexibility index (Phi) is 7.23. The lowest BCUT2D eigenvalue weighted by molar-refractivity contribution is -0.122. The van der Waals surface area contributed by atoms with Crippen LogP contribution in [0, 0.1) is 5.82 Å². The Morgan fingerprint density at radius 3 is 2.67 bits per heavy atom. The van der Waals surface area contributed by atoms with Gasteiger partial charge in [-0.1, -0.05) is 28.1 Å². The van der Waals surface area contributed by atoms with E-state index in [0.29, 0.717) is 12.4 Å². The summed E-state index contributed by atoms with van der Waals surface area (Å²) in [6, 6.07) is 11.4. The predicted octanol–water partition coefficient (Wildman–Crippen LogP) is 3.67. The maximum atomic E-state index is 13.4. The number of nitrogens with one attached hydrogen (secondary N) is 1. The van der Waals surface area contributed by atoms with Crippen LogP contribution in [0.1, 0.15) is 23.0 Å². The summed E-state index contributed by atoms with van der Waals surface area (Å²) in [5, 5.41) is 3.03. The minimum atomic E-state index is -0.480. The Hall–Kier alpha value is -2.71. The maximum absolute atomic E-state index is 13.4. The molecule has 1 atom stereocenters. The Morgan fingerprint density at radius 1 is 1.30 bits per heavy atom. The Morgan fingerprint density at radius 2 is 2.03 bits per heavy atom. The van der Waals surface area contributed by atoms with Gasteiger partial charge in [-0.15, -0.1) is 0 Å². The molecule has 1 heterocycles. The summed E-state index contributed by atoms with van der Waals surface area (Å²) in [5.41, 5.74) is 1.73. The number of amides is 1. The number of likely N-dealkylation sites (N-methyl/N-ethyl adjacent to an activating group) is 1.